The van der Waals surface area contributed by atoms with Crippen molar-refractivity contribution in [2.75, 3.05) is 0 Å². The molecule has 0 bridgehead atoms. The number of rotatable bonds is 4. The van der Waals surface area contributed by atoms with Gasteiger partial charge in [0.1, 0.15) is 0 Å². The summed E-state index contributed by atoms with van der Waals surface area (Å²) in [6.07, 6.45) is 0. The van der Waals surface area contributed by atoms with Crippen LogP contribution in [0.1, 0.15) is 11.3 Å². The van der Waals surface area contributed by atoms with E-state index in [0.717, 1.165) is 16.3 Å². The lowest BCUT2D eigenvalue weighted by atomic mass is 10.2. The lowest BCUT2D eigenvalue weighted by Gasteiger charge is -2.02. The molecule has 2 aromatic rings. The summed E-state index contributed by atoms with van der Waals surface area (Å²) in [6, 6.07) is 7.63. The van der Waals surface area contributed by atoms with Crippen LogP contribution in [0.2, 0.25) is 10.0 Å². The van der Waals surface area contributed by atoms with Gasteiger partial charge in [-0.05, 0) is 11.6 Å². The Kier molecular flexibility index (Phi) is 4.20. The average molecular weight is 290 g/mol. The van der Waals surface area contributed by atoms with Crippen LogP contribution in [0.5, 0.6) is 0 Å². The van der Waals surface area contributed by atoms with E-state index in [1.807, 2.05) is 24.3 Å². The van der Waals surface area contributed by atoms with E-state index >= 15 is 0 Å². The molecule has 17 heavy (non-hydrogen) atoms. The fraction of sp³-hybridized carbons (Fsp3) is 0.182. The van der Waals surface area contributed by atoms with Crippen LogP contribution in [0.15, 0.2) is 33.6 Å². The number of hydrogen-bond donors (Lipinski definition) is 1. The fourth-order valence-electron chi connectivity index (χ4n) is 1.29. The van der Waals surface area contributed by atoms with Crippen LogP contribution in [0.25, 0.3) is 0 Å². The predicted octanol–water partition coefficient (Wildman–Crippen LogP) is 3.71. The summed E-state index contributed by atoms with van der Waals surface area (Å²) in [5.41, 5.74) is 0.660. The highest BCUT2D eigenvalue weighted by Crippen LogP contribution is 2.24. The zero-order chi connectivity index (χ0) is 12.3. The Hall–Kier alpha value is -0.840. The zero-order valence-electron chi connectivity index (χ0n) is 8.70. The molecule has 0 spiro atoms. The van der Waals surface area contributed by atoms with E-state index < -0.39 is 0 Å². The van der Waals surface area contributed by atoms with E-state index in [-0.39, 0.29) is 10.6 Å². The van der Waals surface area contributed by atoms with Gasteiger partial charge in [-0.3, -0.25) is 4.79 Å². The standard InChI is InChI=1S/C11H9Cl2NO2S/c12-8-4-2-1-3-7(8)5-17-6-9-10(13)11(15)14-16-9/h1-4H,5-6H2,(H,14,15). The summed E-state index contributed by atoms with van der Waals surface area (Å²) in [5.74, 6) is 1.74. The highest BCUT2D eigenvalue weighted by Gasteiger charge is 2.10. The van der Waals surface area contributed by atoms with Crippen molar-refractivity contribution in [2.45, 2.75) is 11.5 Å². The summed E-state index contributed by atoms with van der Waals surface area (Å²) < 4.78 is 4.94. The fourth-order valence-corrected chi connectivity index (χ4v) is 2.75. The van der Waals surface area contributed by atoms with Gasteiger partial charge in [-0.15, -0.1) is 11.8 Å². The maximum atomic E-state index is 11.0. The largest absolute Gasteiger partial charge is 0.381 e. The Morgan fingerprint density at radius 2 is 2.00 bits per heavy atom. The normalized spacial score (nSPS) is 10.7. The molecule has 0 fully saturated rings. The Labute approximate surface area is 112 Å². The van der Waals surface area contributed by atoms with Gasteiger partial charge in [0.2, 0.25) is 0 Å². The second kappa shape index (κ2) is 5.67. The minimum absolute atomic E-state index is 0.122. The first kappa shape index (κ1) is 12.6. The van der Waals surface area contributed by atoms with Crippen molar-refractivity contribution in [2.24, 2.45) is 0 Å². The Bertz CT molecular complexity index is 565. The molecular formula is C11H9Cl2NO2S. The van der Waals surface area contributed by atoms with Crippen LogP contribution in [-0.4, -0.2) is 5.16 Å². The summed E-state index contributed by atoms with van der Waals surface area (Å²) in [6.45, 7) is 0. The van der Waals surface area contributed by atoms with E-state index in [2.05, 4.69) is 5.16 Å². The molecule has 0 unspecified atom stereocenters. The third-order valence-corrected chi connectivity index (χ3v) is 3.89. The van der Waals surface area contributed by atoms with Crippen LogP contribution in [-0.2, 0) is 11.5 Å². The molecular weight excluding hydrogens is 281 g/mol. The van der Waals surface area contributed by atoms with Gasteiger partial charge in [-0.1, -0.05) is 41.4 Å². The summed E-state index contributed by atoms with van der Waals surface area (Å²) in [5, 5.41) is 3.05. The molecule has 0 atom stereocenters. The van der Waals surface area contributed by atoms with Crippen molar-refractivity contribution in [1.29, 1.82) is 0 Å². The molecule has 0 aliphatic carbocycles. The third kappa shape index (κ3) is 3.09. The highest BCUT2D eigenvalue weighted by atomic mass is 35.5. The van der Waals surface area contributed by atoms with Crippen molar-refractivity contribution in [1.82, 2.24) is 5.16 Å². The van der Waals surface area contributed by atoms with Crippen molar-refractivity contribution >= 4 is 35.0 Å². The molecule has 1 aromatic carbocycles. The quantitative estimate of drug-likeness (QED) is 0.933. The van der Waals surface area contributed by atoms with Gasteiger partial charge in [0.15, 0.2) is 10.8 Å². The maximum absolute atomic E-state index is 11.0. The summed E-state index contributed by atoms with van der Waals surface area (Å²) in [4.78, 5) is 11.0. The Morgan fingerprint density at radius 3 is 2.65 bits per heavy atom. The maximum Gasteiger partial charge on any atom is 0.298 e. The summed E-state index contributed by atoms with van der Waals surface area (Å²) in [7, 11) is 0. The number of nitrogens with one attached hydrogen (secondary N) is 1. The minimum Gasteiger partial charge on any atom is -0.381 e. The van der Waals surface area contributed by atoms with Gasteiger partial charge in [0.05, 0.1) is 5.75 Å². The molecule has 0 saturated carbocycles. The molecule has 0 radical (unpaired) electrons. The van der Waals surface area contributed by atoms with E-state index in [1.54, 1.807) is 11.8 Å². The number of thioether (sulfide) groups is 1. The lowest BCUT2D eigenvalue weighted by molar-refractivity contribution is 0.390. The first-order valence-electron chi connectivity index (χ1n) is 4.85. The van der Waals surface area contributed by atoms with Gasteiger partial charge in [0, 0.05) is 10.8 Å². The summed E-state index contributed by atoms with van der Waals surface area (Å²) >= 11 is 13.3. The molecule has 0 saturated heterocycles. The van der Waals surface area contributed by atoms with Crippen LogP contribution < -0.4 is 5.56 Å². The molecule has 1 aromatic heterocycles. The molecule has 0 aliphatic rings. The van der Waals surface area contributed by atoms with Crippen LogP contribution in [0.4, 0.5) is 0 Å². The number of aromatic amines is 1. The SMILES string of the molecule is O=c1[nH]oc(CSCc2ccccc2Cl)c1Cl. The number of hydrogen-bond acceptors (Lipinski definition) is 3. The van der Waals surface area contributed by atoms with Gasteiger partial charge in [-0.25, -0.2) is 0 Å². The second-order valence-corrected chi connectivity index (χ2v) is 5.13. The van der Waals surface area contributed by atoms with E-state index in [0.29, 0.717) is 11.5 Å². The van der Waals surface area contributed by atoms with Gasteiger partial charge >= 0.3 is 0 Å². The van der Waals surface area contributed by atoms with Crippen LogP contribution in [0.3, 0.4) is 0 Å². The van der Waals surface area contributed by atoms with Gasteiger partial charge < -0.3 is 4.52 Å². The van der Waals surface area contributed by atoms with E-state index in [4.69, 9.17) is 27.7 Å². The van der Waals surface area contributed by atoms with E-state index in [9.17, 15) is 4.79 Å². The average Bonchev–Trinajstić information content (AvgIpc) is 2.63. The topological polar surface area (TPSA) is 46.0 Å². The Morgan fingerprint density at radius 1 is 1.24 bits per heavy atom. The molecule has 1 heterocycles. The van der Waals surface area contributed by atoms with Crippen molar-refractivity contribution < 1.29 is 4.52 Å². The van der Waals surface area contributed by atoms with E-state index in [1.165, 1.54) is 0 Å². The number of aromatic nitrogens is 1. The molecule has 90 valence electrons. The van der Waals surface area contributed by atoms with Crippen LogP contribution >= 0.6 is 35.0 Å². The van der Waals surface area contributed by atoms with Gasteiger partial charge in [0.25, 0.3) is 5.56 Å². The molecule has 0 amide bonds. The Balaban J connectivity index is 1.94. The zero-order valence-corrected chi connectivity index (χ0v) is 11.0. The lowest BCUT2D eigenvalue weighted by Crippen LogP contribution is -1.96. The molecule has 3 nitrogen and oxygen atoms in total. The monoisotopic (exact) mass is 289 g/mol. The second-order valence-electron chi connectivity index (χ2n) is 3.35. The number of H-pyrrole nitrogens is 1. The number of halogens is 2. The predicted molar refractivity (Wildman–Crippen MR) is 70.8 cm³/mol. The molecule has 1 N–H and O–H groups in total. The van der Waals surface area contributed by atoms with Crippen LogP contribution in [0, 0.1) is 0 Å². The van der Waals surface area contributed by atoms with Crippen molar-refractivity contribution in [3.05, 3.63) is 56.0 Å². The molecule has 0 aliphatic heterocycles. The van der Waals surface area contributed by atoms with Gasteiger partial charge in [-0.2, -0.15) is 5.16 Å². The molecule has 6 heteroatoms. The smallest absolute Gasteiger partial charge is 0.298 e. The minimum atomic E-state index is -0.389. The third-order valence-electron chi connectivity index (χ3n) is 2.16. The molecule has 2 rings (SSSR count). The first-order valence-corrected chi connectivity index (χ1v) is 6.76. The highest BCUT2D eigenvalue weighted by molar-refractivity contribution is 7.97. The van der Waals surface area contributed by atoms with Crippen molar-refractivity contribution in [3.63, 3.8) is 0 Å². The van der Waals surface area contributed by atoms with Crippen molar-refractivity contribution in [3.8, 4) is 0 Å². The first-order chi connectivity index (χ1) is 8.18. The number of benzene rings is 1.